The number of benzene rings is 1. The van der Waals surface area contributed by atoms with Crippen LogP contribution in [0.25, 0.3) is 0 Å². The van der Waals surface area contributed by atoms with Gasteiger partial charge in [0.15, 0.2) is 6.10 Å². The Hall–Kier alpha value is -1.95. The molecule has 0 saturated carbocycles. The zero-order valence-electron chi connectivity index (χ0n) is 9.51. The summed E-state index contributed by atoms with van der Waals surface area (Å²) in [7, 11) is 0. The van der Waals surface area contributed by atoms with Crippen LogP contribution in [0, 0.1) is 5.82 Å². The van der Waals surface area contributed by atoms with Gasteiger partial charge in [0.1, 0.15) is 5.82 Å². The smallest absolute Gasteiger partial charge is 0.334 e. The number of nitrogens with zero attached hydrogens (tertiary/aromatic N) is 1. The molecule has 1 heterocycles. The number of amides is 1. The number of carbonyl (C=O) groups excluding carboxylic acids is 1. The summed E-state index contributed by atoms with van der Waals surface area (Å²) in [5, 5.41) is 8.83. The van der Waals surface area contributed by atoms with Crippen LogP contribution < -0.4 is 0 Å². The number of morpholine rings is 1. The predicted molar refractivity (Wildman–Crippen MR) is 59.7 cm³/mol. The van der Waals surface area contributed by atoms with Gasteiger partial charge in [-0.2, -0.15) is 0 Å². The van der Waals surface area contributed by atoms with Crippen LogP contribution in [0.1, 0.15) is 10.4 Å². The lowest BCUT2D eigenvalue weighted by Crippen LogP contribution is -2.48. The Morgan fingerprint density at radius 3 is 2.78 bits per heavy atom. The van der Waals surface area contributed by atoms with Gasteiger partial charge in [0.25, 0.3) is 5.91 Å². The van der Waals surface area contributed by atoms with Gasteiger partial charge in [0.05, 0.1) is 18.7 Å². The van der Waals surface area contributed by atoms with Crippen molar-refractivity contribution in [2.75, 3.05) is 19.7 Å². The molecule has 0 aliphatic carbocycles. The van der Waals surface area contributed by atoms with E-state index < -0.39 is 23.8 Å². The highest BCUT2D eigenvalue weighted by Gasteiger charge is 2.30. The van der Waals surface area contributed by atoms with Crippen molar-refractivity contribution in [1.29, 1.82) is 0 Å². The van der Waals surface area contributed by atoms with Crippen molar-refractivity contribution < 1.29 is 23.8 Å². The van der Waals surface area contributed by atoms with E-state index in [2.05, 4.69) is 0 Å². The molecule has 1 aliphatic rings. The van der Waals surface area contributed by atoms with Gasteiger partial charge in [-0.1, -0.05) is 12.1 Å². The summed E-state index contributed by atoms with van der Waals surface area (Å²) >= 11 is 0. The minimum Gasteiger partial charge on any atom is -0.479 e. The minimum absolute atomic E-state index is 0.0523. The van der Waals surface area contributed by atoms with Crippen LogP contribution in [-0.4, -0.2) is 47.7 Å². The topological polar surface area (TPSA) is 66.8 Å². The second-order valence-electron chi connectivity index (χ2n) is 3.93. The highest BCUT2D eigenvalue weighted by molar-refractivity contribution is 5.94. The molecular formula is C12H12FNO4. The number of ether oxygens (including phenoxy) is 1. The number of hydrogen-bond acceptors (Lipinski definition) is 3. The molecule has 96 valence electrons. The Labute approximate surface area is 103 Å². The van der Waals surface area contributed by atoms with Crippen LogP contribution in [-0.2, 0) is 9.53 Å². The monoisotopic (exact) mass is 253 g/mol. The second-order valence-corrected chi connectivity index (χ2v) is 3.93. The van der Waals surface area contributed by atoms with Crippen molar-refractivity contribution in [3.8, 4) is 0 Å². The summed E-state index contributed by atoms with van der Waals surface area (Å²) in [6, 6.07) is 5.63. The third kappa shape index (κ3) is 2.48. The summed E-state index contributed by atoms with van der Waals surface area (Å²) < 4.78 is 18.5. The molecule has 1 saturated heterocycles. The van der Waals surface area contributed by atoms with Gasteiger partial charge in [-0.25, -0.2) is 9.18 Å². The highest BCUT2D eigenvalue weighted by Crippen LogP contribution is 2.13. The normalized spacial score (nSPS) is 19.6. The first-order valence-electron chi connectivity index (χ1n) is 5.48. The number of carbonyl (C=O) groups is 2. The van der Waals surface area contributed by atoms with Crippen LogP contribution in [0.4, 0.5) is 4.39 Å². The van der Waals surface area contributed by atoms with Gasteiger partial charge in [0.2, 0.25) is 0 Å². The maximum absolute atomic E-state index is 13.5. The lowest BCUT2D eigenvalue weighted by molar-refractivity contribution is -0.154. The third-order valence-corrected chi connectivity index (χ3v) is 2.73. The zero-order chi connectivity index (χ0) is 13.1. The molecule has 1 unspecified atom stereocenters. The molecule has 0 spiro atoms. The molecule has 6 heteroatoms. The van der Waals surface area contributed by atoms with Crippen LogP contribution in [0.3, 0.4) is 0 Å². The van der Waals surface area contributed by atoms with Crippen molar-refractivity contribution >= 4 is 11.9 Å². The van der Waals surface area contributed by atoms with E-state index in [1.54, 1.807) is 6.07 Å². The summed E-state index contributed by atoms with van der Waals surface area (Å²) in [6.45, 7) is 0.330. The van der Waals surface area contributed by atoms with E-state index in [9.17, 15) is 14.0 Å². The quantitative estimate of drug-likeness (QED) is 0.844. The Kier molecular flexibility index (Phi) is 3.57. The summed E-state index contributed by atoms with van der Waals surface area (Å²) in [5.41, 5.74) is -0.0523. The first-order chi connectivity index (χ1) is 8.59. The van der Waals surface area contributed by atoms with E-state index in [-0.39, 0.29) is 25.3 Å². The maximum atomic E-state index is 13.5. The van der Waals surface area contributed by atoms with E-state index in [1.165, 1.54) is 23.1 Å². The Bertz CT molecular complexity index is 477. The SMILES string of the molecule is O=C(O)C1CN(C(=O)c2ccccc2F)CCO1. The maximum Gasteiger partial charge on any atom is 0.334 e. The van der Waals surface area contributed by atoms with Crippen molar-refractivity contribution in [3.05, 3.63) is 35.6 Å². The van der Waals surface area contributed by atoms with Crippen molar-refractivity contribution in [2.24, 2.45) is 0 Å². The first kappa shape index (κ1) is 12.5. The van der Waals surface area contributed by atoms with E-state index in [0.717, 1.165) is 0 Å². The number of carboxylic acids is 1. The molecule has 1 amide bonds. The van der Waals surface area contributed by atoms with Crippen molar-refractivity contribution in [2.45, 2.75) is 6.10 Å². The Morgan fingerprint density at radius 2 is 2.11 bits per heavy atom. The van der Waals surface area contributed by atoms with E-state index in [4.69, 9.17) is 9.84 Å². The number of hydrogen-bond donors (Lipinski definition) is 1. The van der Waals surface area contributed by atoms with E-state index in [0.29, 0.717) is 0 Å². The molecule has 2 rings (SSSR count). The molecule has 0 radical (unpaired) electrons. The molecule has 1 atom stereocenters. The van der Waals surface area contributed by atoms with Crippen LogP contribution in [0.15, 0.2) is 24.3 Å². The van der Waals surface area contributed by atoms with Gasteiger partial charge in [-0.3, -0.25) is 4.79 Å². The molecule has 0 aromatic heterocycles. The number of aliphatic carboxylic acids is 1. The van der Waals surface area contributed by atoms with E-state index in [1.807, 2.05) is 0 Å². The average Bonchev–Trinajstić information content (AvgIpc) is 2.38. The minimum atomic E-state index is -1.12. The zero-order valence-corrected chi connectivity index (χ0v) is 9.51. The summed E-state index contributed by atoms with van der Waals surface area (Å²) in [5.74, 6) is -2.25. The fourth-order valence-corrected chi connectivity index (χ4v) is 1.79. The molecule has 18 heavy (non-hydrogen) atoms. The molecule has 1 N–H and O–H groups in total. The van der Waals surface area contributed by atoms with Crippen LogP contribution in [0.2, 0.25) is 0 Å². The summed E-state index contributed by atoms with van der Waals surface area (Å²) in [4.78, 5) is 24.1. The molecule has 5 nitrogen and oxygen atoms in total. The molecule has 1 fully saturated rings. The standard InChI is InChI=1S/C12H12FNO4/c13-9-4-2-1-3-8(9)11(15)14-5-6-18-10(7-14)12(16)17/h1-4,10H,5-7H2,(H,16,17). The third-order valence-electron chi connectivity index (χ3n) is 2.73. The van der Waals surface area contributed by atoms with Crippen molar-refractivity contribution in [1.82, 2.24) is 4.90 Å². The Morgan fingerprint density at radius 1 is 1.39 bits per heavy atom. The molecular weight excluding hydrogens is 241 g/mol. The van der Waals surface area contributed by atoms with Gasteiger partial charge in [-0.05, 0) is 12.1 Å². The molecule has 1 aromatic rings. The largest absolute Gasteiger partial charge is 0.479 e. The number of carboxylic acid groups (broad SMARTS) is 1. The second kappa shape index (κ2) is 5.14. The van der Waals surface area contributed by atoms with Crippen LogP contribution >= 0.6 is 0 Å². The fourth-order valence-electron chi connectivity index (χ4n) is 1.79. The molecule has 1 aliphatic heterocycles. The van der Waals surface area contributed by atoms with Gasteiger partial charge in [0, 0.05) is 6.54 Å². The molecule has 1 aromatic carbocycles. The Balaban J connectivity index is 2.14. The lowest BCUT2D eigenvalue weighted by atomic mass is 10.1. The van der Waals surface area contributed by atoms with Crippen molar-refractivity contribution in [3.63, 3.8) is 0 Å². The fraction of sp³-hybridized carbons (Fsp3) is 0.333. The van der Waals surface area contributed by atoms with Gasteiger partial charge < -0.3 is 14.7 Å². The lowest BCUT2D eigenvalue weighted by Gasteiger charge is -2.30. The van der Waals surface area contributed by atoms with E-state index >= 15 is 0 Å². The summed E-state index contributed by atoms with van der Waals surface area (Å²) in [6.07, 6.45) is -1.05. The van der Waals surface area contributed by atoms with Gasteiger partial charge >= 0.3 is 5.97 Å². The number of halogens is 1. The first-order valence-corrected chi connectivity index (χ1v) is 5.48. The van der Waals surface area contributed by atoms with Gasteiger partial charge in [-0.15, -0.1) is 0 Å². The van der Waals surface area contributed by atoms with Crippen LogP contribution in [0.5, 0.6) is 0 Å². The highest BCUT2D eigenvalue weighted by atomic mass is 19.1. The predicted octanol–water partition coefficient (Wildman–Crippen LogP) is 0.751. The molecule has 0 bridgehead atoms. The number of rotatable bonds is 2. The average molecular weight is 253 g/mol.